The maximum atomic E-state index is 12.1. The van der Waals surface area contributed by atoms with Crippen LogP contribution in [0.25, 0.3) is 0 Å². The van der Waals surface area contributed by atoms with Gasteiger partial charge in [0.1, 0.15) is 17.2 Å². The van der Waals surface area contributed by atoms with Gasteiger partial charge in [0.15, 0.2) is 15.6 Å². The number of aromatic nitrogens is 1. The number of nitrogens with zero attached hydrogens (tertiary/aromatic N) is 1. The Bertz CT molecular complexity index is 618. The van der Waals surface area contributed by atoms with Gasteiger partial charge in [-0.15, -0.1) is 0 Å². The molecule has 0 radical (unpaired) electrons. The molecular formula is C15H24N2O5S. The number of ether oxygens (including phenoxy) is 1. The minimum absolute atomic E-state index is 0.0903. The summed E-state index contributed by atoms with van der Waals surface area (Å²) in [5.74, 6) is -0.407. The number of rotatable bonds is 7. The van der Waals surface area contributed by atoms with E-state index in [1.807, 2.05) is 0 Å². The minimum atomic E-state index is -3.58. The Kier molecular flexibility index (Phi) is 6.17. The van der Waals surface area contributed by atoms with Gasteiger partial charge in [0.05, 0.1) is 6.61 Å². The van der Waals surface area contributed by atoms with Gasteiger partial charge in [-0.05, 0) is 31.6 Å². The molecule has 1 aromatic heterocycles. The molecule has 1 saturated carbocycles. The highest BCUT2D eigenvalue weighted by Crippen LogP contribution is 2.23. The average Bonchev–Trinajstić information content (AvgIpc) is 2.87. The predicted octanol–water partition coefficient (Wildman–Crippen LogP) is 1.43. The topological polar surface area (TPSA) is 98.5 Å². The van der Waals surface area contributed by atoms with Crippen LogP contribution in [0.2, 0.25) is 0 Å². The largest absolute Gasteiger partial charge is 0.378 e. The molecule has 0 atom stereocenters. The molecule has 0 aromatic carbocycles. The summed E-state index contributed by atoms with van der Waals surface area (Å²) in [6.45, 7) is 2.45. The van der Waals surface area contributed by atoms with Gasteiger partial charge in [0, 0.05) is 19.2 Å². The molecule has 130 valence electrons. The van der Waals surface area contributed by atoms with E-state index in [1.54, 1.807) is 0 Å². The third-order valence-corrected chi connectivity index (χ3v) is 5.42. The highest BCUT2D eigenvalue weighted by molar-refractivity contribution is 7.91. The fourth-order valence-corrected chi connectivity index (χ4v) is 3.94. The fourth-order valence-electron chi connectivity index (χ4n) is 2.78. The quantitative estimate of drug-likeness (QED) is 0.803. The van der Waals surface area contributed by atoms with Crippen molar-refractivity contribution in [2.75, 3.05) is 12.9 Å². The maximum absolute atomic E-state index is 12.1. The molecular weight excluding hydrogens is 320 g/mol. The molecule has 8 heteroatoms. The number of hydrogen-bond donors (Lipinski definition) is 1. The van der Waals surface area contributed by atoms with Crippen LogP contribution in [0.15, 0.2) is 10.6 Å². The van der Waals surface area contributed by atoms with Crippen molar-refractivity contribution >= 4 is 15.7 Å². The highest BCUT2D eigenvalue weighted by Gasteiger charge is 2.24. The number of carbonyl (C=O) groups excluding carboxylic acids is 1. The molecule has 7 nitrogen and oxygen atoms in total. The van der Waals surface area contributed by atoms with E-state index in [9.17, 15) is 13.2 Å². The molecule has 2 rings (SSSR count). The van der Waals surface area contributed by atoms with Crippen LogP contribution >= 0.6 is 0 Å². The smallest absolute Gasteiger partial charge is 0.235 e. The molecule has 0 aliphatic heterocycles. The van der Waals surface area contributed by atoms with Gasteiger partial charge in [0.25, 0.3) is 0 Å². The van der Waals surface area contributed by atoms with Crippen LogP contribution in [0, 0.1) is 5.92 Å². The van der Waals surface area contributed by atoms with E-state index >= 15 is 0 Å². The Hall–Kier alpha value is -1.41. The zero-order valence-corrected chi connectivity index (χ0v) is 14.4. The minimum Gasteiger partial charge on any atom is -0.378 e. The molecule has 0 bridgehead atoms. The normalized spacial score (nSPS) is 22.0. The third-order valence-electron chi connectivity index (χ3n) is 3.99. The summed E-state index contributed by atoms with van der Waals surface area (Å²) in [7, 11) is -2.07. The van der Waals surface area contributed by atoms with Crippen LogP contribution in [-0.4, -0.2) is 38.4 Å². The van der Waals surface area contributed by atoms with E-state index in [4.69, 9.17) is 9.26 Å². The molecule has 1 N–H and O–H groups in total. The SMILES string of the molecule is COCc1cc(CS(=O)(=O)CC(=O)NC2CCC(C)CC2)on1. The van der Waals surface area contributed by atoms with Crippen LogP contribution in [0.5, 0.6) is 0 Å². The standard InChI is InChI=1S/C15H24N2O5S/c1-11-3-5-12(6-4-11)16-15(18)10-23(19,20)9-14-7-13(8-21-2)17-22-14/h7,11-12H,3-6,8-10H2,1-2H3,(H,16,18). The summed E-state index contributed by atoms with van der Waals surface area (Å²) < 4.78 is 34.0. The zero-order valence-electron chi connectivity index (χ0n) is 13.6. The Labute approximate surface area is 136 Å². The Balaban J connectivity index is 1.83. The lowest BCUT2D eigenvalue weighted by atomic mass is 9.87. The second-order valence-electron chi connectivity index (χ2n) is 6.27. The molecule has 1 aliphatic rings. The average molecular weight is 344 g/mol. The van der Waals surface area contributed by atoms with E-state index in [0.29, 0.717) is 11.6 Å². The van der Waals surface area contributed by atoms with Crippen molar-refractivity contribution in [3.63, 3.8) is 0 Å². The van der Waals surface area contributed by atoms with Gasteiger partial charge in [-0.25, -0.2) is 8.42 Å². The molecule has 0 spiro atoms. The first kappa shape index (κ1) is 17.9. The summed E-state index contributed by atoms with van der Waals surface area (Å²) in [5.41, 5.74) is 0.526. The number of sulfone groups is 1. The first-order valence-corrected chi connectivity index (χ1v) is 9.63. The van der Waals surface area contributed by atoms with Crippen LogP contribution in [-0.2, 0) is 31.7 Å². The third kappa shape index (κ3) is 5.95. The lowest BCUT2D eigenvalue weighted by Gasteiger charge is -2.26. The number of amides is 1. The van der Waals surface area contributed by atoms with Crippen LogP contribution < -0.4 is 5.32 Å². The lowest BCUT2D eigenvalue weighted by molar-refractivity contribution is -0.119. The van der Waals surface area contributed by atoms with Crippen molar-refractivity contribution in [1.82, 2.24) is 10.5 Å². The first-order chi connectivity index (χ1) is 10.9. The molecule has 1 heterocycles. The van der Waals surface area contributed by atoms with E-state index in [0.717, 1.165) is 25.7 Å². The monoisotopic (exact) mass is 344 g/mol. The van der Waals surface area contributed by atoms with E-state index in [-0.39, 0.29) is 24.2 Å². The second-order valence-corrected chi connectivity index (χ2v) is 8.34. The molecule has 1 fully saturated rings. The summed E-state index contributed by atoms with van der Waals surface area (Å²) in [4.78, 5) is 11.9. The van der Waals surface area contributed by atoms with Gasteiger partial charge >= 0.3 is 0 Å². The Morgan fingerprint density at radius 1 is 1.39 bits per heavy atom. The van der Waals surface area contributed by atoms with Gasteiger partial charge in [-0.2, -0.15) is 0 Å². The van der Waals surface area contributed by atoms with E-state index in [2.05, 4.69) is 17.4 Å². The predicted molar refractivity (Wildman–Crippen MR) is 84.3 cm³/mol. The van der Waals surface area contributed by atoms with Crippen LogP contribution in [0.3, 0.4) is 0 Å². The van der Waals surface area contributed by atoms with Gasteiger partial charge in [0.2, 0.25) is 5.91 Å². The number of carbonyl (C=O) groups is 1. The molecule has 23 heavy (non-hydrogen) atoms. The number of hydrogen-bond acceptors (Lipinski definition) is 6. The van der Waals surface area contributed by atoms with Crippen LogP contribution in [0.1, 0.15) is 44.1 Å². The molecule has 0 unspecified atom stereocenters. The summed E-state index contributed by atoms with van der Waals surface area (Å²) in [6.07, 6.45) is 3.96. The van der Waals surface area contributed by atoms with Gasteiger partial charge in [-0.3, -0.25) is 4.79 Å². The summed E-state index contributed by atoms with van der Waals surface area (Å²) in [6, 6.07) is 1.62. The number of nitrogens with one attached hydrogen (secondary N) is 1. The molecule has 1 aromatic rings. The summed E-state index contributed by atoms with van der Waals surface area (Å²) >= 11 is 0. The van der Waals surface area contributed by atoms with Crippen molar-refractivity contribution in [1.29, 1.82) is 0 Å². The summed E-state index contributed by atoms with van der Waals surface area (Å²) in [5, 5.41) is 6.53. The molecule has 1 amide bonds. The zero-order chi connectivity index (χ0) is 16.9. The maximum Gasteiger partial charge on any atom is 0.235 e. The van der Waals surface area contributed by atoms with E-state index < -0.39 is 21.5 Å². The van der Waals surface area contributed by atoms with Crippen molar-refractivity contribution in [2.24, 2.45) is 5.92 Å². The number of methoxy groups -OCH3 is 1. The Morgan fingerprint density at radius 2 is 2.09 bits per heavy atom. The van der Waals surface area contributed by atoms with Crippen LogP contribution in [0.4, 0.5) is 0 Å². The van der Waals surface area contributed by atoms with Gasteiger partial charge in [-0.1, -0.05) is 12.1 Å². The van der Waals surface area contributed by atoms with Gasteiger partial charge < -0.3 is 14.6 Å². The highest BCUT2D eigenvalue weighted by atomic mass is 32.2. The van der Waals surface area contributed by atoms with Crippen molar-refractivity contribution in [3.8, 4) is 0 Å². The molecule has 0 saturated heterocycles. The first-order valence-electron chi connectivity index (χ1n) is 7.81. The van der Waals surface area contributed by atoms with E-state index in [1.165, 1.54) is 13.2 Å². The Morgan fingerprint density at radius 3 is 2.74 bits per heavy atom. The fraction of sp³-hybridized carbons (Fsp3) is 0.733. The molecule has 1 aliphatic carbocycles. The van der Waals surface area contributed by atoms with Crippen molar-refractivity contribution < 1.29 is 22.5 Å². The second kappa shape index (κ2) is 7.92. The van der Waals surface area contributed by atoms with Crippen molar-refractivity contribution in [2.45, 2.75) is 51.0 Å². The van der Waals surface area contributed by atoms with Crippen molar-refractivity contribution in [3.05, 3.63) is 17.5 Å². The lowest BCUT2D eigenvalue weighted by Crippen LogP contribution is -2.40.